The zero-order valence-corrected chi connectivity index (χ0v) is 12.2. The molecule has 1 heterocycles. The van der Waals surface area contributed by atoms with E-state index in [1.165, 1.54) is 18.3 Å². The fourth-order valence-electron chi connectivity index (χ4n) is 1.79. The molecule has 0 saturated heterocycles. The Kier molecular flexibility index (Phi) is 4.46. The van der Waals surface area contributed by atoms with E-state index >= 15 is 0 Å². The molecule has 0 aliphatic heterocycles. The van der Waals surface area contributed by atoms with Gasteiger partial charge in [0.1, 0.15) is 5.75 Å². The van der Waals surface area contributed by atoms with Gasteiger partial charge in [-0.25, -0.2) is 0 Å². The Bertz CT molecular complexity index is 623. The van der Waals surface area contributed by atoms with Crippen LogP contribution < -0.4 is 4.74 Å². The van der Waals surface area contributed by atoms with Crippen LogP contribution in [0, 0.1) is 0 Å². The number of alkyl halides is 4. The van der Waals surface area contributed by atoms with E-state index in [2.05, 4.69) is 5.10 Å². The number of ether oxygens (including phenoxy) is 1. The standard InChI is InChI=1S/C14H14ClF3N2O/c1-9(2)20-8-12(7-19-20)21-11-4-3-10(6-15)13(5-11)14(16,17)18/h3-5,7-9H,6H2,1-2H3. The van der Waals surface area contributed by atoms with E-state index in [-0.39, 0.29) is 23.2 Å². The largest absolute Gasteiger partial charge is 0.454 e. The number of hydrogen-bond acceptors (Lipinski definition) is 2. The molecule has 0 saturated carbocycles. The Morgan fingerprint density at radius 2 is 2.00 bits per heavy atom. The maximum Gasteiger partial charge on any atom is 0.416 e. The molecule has 21 heavy (non-hydrogen) atoms. The molecule has 0 spiro atoms. The number of nitrogens with zero attached hydrogens (tertiary/aromatic N) is 2. The average molecular weight is 319 g/mol. The molecule has 114 valence electrons. The molecule has 0 bridgehead atoms. The zero-order chi connectivity index (χ0) is 15.6. The molecule has 0 aliphatic carbocycles. The van der Waals surface area contributed by atoms with Crippen molar-refractivity contribution < 1.29 is 17.9 Å². The van der Waals surface area contributed by atoms with Crippen LogP contribution in [0.2, 0.25) is 0 Å². The maximum atomic E-state index is 12.9. The van der Waals surface area contributed by atoms with Crippen LogP contribution in [0.25, 0.3) is 0 Å². The van der Waals surface area contributed by atoms with Crippen molar-refractivity contribution in [3.05, 3.63) is 41.7 Å². The highest BCUT2D eigenvalue weighted by Crippen LogP contribution is 2.36. The van der Waals surface area contributed by atoms with Crippen molar-refractivity contribution in [2.45, 2.75) is 31.9 Å². The molecule has 0 amide bonds. The van der Waals surface area contributed by atoms with Gasteiger partial charge in [0, 0.05) is 11.9 Å². The fraction of sp³-hybridized carbons (Fsp3) is 0.357. The first-order valence-electron chi connectivity index (χ1n) is 6.29. The molecule has 0 unspecified atom stereocenters. The Morgan fingerprint density at radius 1 is 1.29 bits per heavy atom. The molecule has 2 rings (SSSR count). The van der Waals surface area contributed by atoms with Gasteiger partial charge in [0.05, 0.1) is 18.0 Å². The maximum absolute atomic E-state index is 12.9. The minimum Gasteiger partial charge on any atom is -0.454 e. The molecule has 0 atom stereocenters. The van der Waals surface area contributed by atoms with E-state index < -0.39 is 11.7 Å². The van der Waals surface area contributed by atoms with Gasteiger partial charge in [0.2, 0.25) is 0 Å². The SMILES string of the molecule is CC(C)n1cc(Oc2ccc(CCl)c(C(F)(F)F)c2)cn1. The predicted octanol–water partition coefficient (Wildman–Crippen LogP) is 5.01. The van der Waals surface area contributed by atoms with E-state index in [9.17, 15) is 13.2 Å². The second-order valence-corrected chi connectivity index (χ2v) is 5.07. The van der Waals surface area contributed by atoms with Gasteiger partial charge in [-0.05, 0) is 31.5 Å². The highest BCUT2D eigenvalue weighted by molar-refractivity contribution is 6.17. The Morgan fingerprint density at radius 3 is 2.52 bits per heavy atom. The van der Waals surface area contributed by atoms with Crippen LogP contribution in [-0.4, -0.2) is 9.78 Å². The molecular formula is C14H14ClF3N2O. The van der Waals surface area contributed by atoms with E-state index in [0.717, 1.165) is 6.07 Å². The van der Waals surface area contributed by atoms with E-state index in [0.29, 0.717) is 5.75 Å². The van der Waals surface area contributed by atoms with Crippen molar-refractivity contribution in [1.29, 1.82) is 0 Å². The quantitative estimate of drug-likeness (QED) is 0.741. The minimum absolute atomic E-state index is 0.0226. The lowest BCUT2D eigenvalue weighted by Gasteiger charge is -2.13. The third-order valence-electron chi connectivity index (χ3n) is 2.87. The number of aromatic nitrogens is 2. The van der Waals surface area contributed by atoms with E-state index in [4.69, 9.17) is 16.3 Å². The molecule has 2 aromatic rings. The van der Waals surface area contributed by atoms with Crippen LogP contribution in [0.15, 0.2) is 30.6 Å². The highest BCUT2D eigenvalue weighted by Gasteiger charge is 2.33. The Hall–Kier alpha value is -1.69. The molecule has 1 aromatic carbocycles. The van der Waals surface area contributed by atoms with Gasteiger partial charge >= 0.3 is 6.18 Å². The molecule has 7 heteroatoms. The van der Waals surface area contributed by atoms with Crippen molar-refractivity contribution in [3.8, 4) is 11.5 Å². The monoisotopic (exact) mass is 318 g/mol. The van der Waals surface area contributed by atoms with Crippen molar-refractivity contribution in [2.75, 3.05) is 0 Å². The summed E-state index contributed by atoms with van der Waals surface area (Å²) in [5, 5.41) is 4.07. The van der Waals surface area contributed by atoms with Gasteiger partial charge in [-0.1, -0.05) is 6.07 Å². The molecule has 0 N–H and O–H groups in total. The molecule has 0 aliphatic rings. The number of rotatable bonds is 4. The molecule has 3 nitrogen and oxygen atoms in total. The average Bonchev–Trinajstić information content (AvgIpc) is 2.86. The lowest BCUT2D eigenvalue weighted by molar-refractivity contribution is -0.138. The lowest BCUT2D eigenvalue weighted by atomic mass is 10.1. The molecule has 0 radical (unpaired) electrons. The minimum atomic E-state index is -4.47. The summed E-state index contributed by atoms with van der Waals surface area (Å²) in [4.78, 5) is 0. The van der Waals surface area contributed by atoms with Crippen LogP contribution in [0.4, 0.5) is 13.2 Å². The van der Waals surface area contributed by atoms with Crippen molar-refractivity contribution in [3.63, 3.8) is 0 Å². The van der Waals surface area contributed by atoms with Gasteiger partial charge in [-0.3, -0.25) is 4.68 Å². The van der Waals surface area contributed by atoms with Crippen LogP contribution in [0.1, 0.15) is 31.0 Å². The van der Waals surface area contributed by atoms with Crippen LogP contribution in [0.5, 0.6) is 11.5 Å². The predicted molar refractivity (Wildman–Crippen MR) is 73.7 cm³/mol. The number of hydrogen-bond donors (Lipinski definition) is 0. The van der Waals surface area contributed by atoms with Gasteiger partial charge in [0.15, 0.2) is 5.75 Å². The molecule has 1 aromatic heterocycles. The summed E-state index contributed by atoms with van der Waals surface area (Å²) < 4.78 is 45.9. The summed E-state index contributed by atoms with van der Waals surface area (Å²) in [6.45, 7) is 3.88. The smallest absolute Gasteiger partial charge is 0.416 e. The number of benzene rings is 1. The van der Waals surface area contributed by atoms with Crippen molar-refractivity contribution in [1.82, 2.24) is 9.78 Å². The lowest BCUT2D eigenvalue weighted by Crippen LogP contribution is -2.08. The first kappa shape index (κ1) is 15.7. The highest BCUT2D eigenvalue weighted by atomic mass is 35.5. The molecule has 0 fully saturated rings. The zero-order valence-electron chi connectivity index (χ0n) is 11.5. The summed E-state index contributed by atoms with van der Waals surface area (Å²) in [5.74, 6) is 0.273. The van der Waals surface area contributed by atoms with Gasteiger partial charge < -0.3 is 4.74 Å². The molecular weight excluding hydrogens is 305 g/mol. The third kappa shape index (κ3) is 3.69. The van der Waals surface area contributed by atoms with E-state index in [1.54, 1.807) is 10.9 Å². The Balaban J connectivity index is 2.28. The summed E-state index contributed by atoms with van der Waals surface area (Å²) in [6.07, 6.45) is -1.37. The fourth-order valence-corrected chi connectivity index (χ4v) is 2.02. The second-order valence-electron chi connectivity index (χ2n) is 4.80. The van der Waals surface area contributed by atoms with Crippen LogP contribution >= 0.6 is 11.6 Å². The van der Waals surface area contributed by atoms with Crippen LogP contribution in [-0.2, 0) is 12.1 Å². The summed E-state index contributed by atoms with van der Waals surface area (Å²) in [6, 6.07) is 3.87. The van der Waals surface area contributed by atoms with Crippen LogP contribution in [0.3, 0.4) is 0 Å². The first-order valence-corrected chi connectivity index (χ1v) is 6.83. The number of halogens is 4. The second kappa shape index (κ2) is 5.97. The topological polar surface area (TPSA) is 27.1 Å². The van der Waals surface area contributed by atoms with Crippen molar-refractivity contribution in [2.24, 2.45) is 0 Å². The third-order valence-corrected chi connectivity index (χ3v) is 3.16. The normalized spacial score (nSPS) is 12.0. The van der Waals surface area contributed by atoms with Crippen molar-refractivity contribution >= 4 is 11.6 Å². The van der Waals surface area contributed by atoms with E-state index in [1.807, 2.05) is 13.8 Å². The van der Waals surface area contributed by atoms with Gasteiger partial charge in [-0.15, -0.1) is 11.6 Å². The first-order chi connectivity index (χ1) is 9.81. The van der Waals surface area contributed by atoms with Gasteiger partial charge in [-0.2, -0.15) is 18.3 Å². The summed E-state index contributed by atoms with van der Waals surface area (Å²) in [5.41, 5.74) is -0.763. The summed E-state index contributed by atoms with van der Waals surface area (Å²) in [7, 11) is 0. The van der Waals surface area contributed by atoms with Gasteiger partial charge in [0.25, 0.3) is 0 Å². The summed E-state index contributed by atoms with van der Waals surface area (Å²) >= 11 is 5.53. The Labute approximate surface area is 125 Å².